The standard InChI is InChI=1S/C22H15ClN6O2S/c1-12-17-10-14(23)5-7-18(17)32-20(12)22(30)25-15-6-8-19(24-11-15)31-16-4-2-3-13(9-16)21-26-28-29-27-21/h2-11H,1H3,(H,25,30)(H,26,27,28,29). The number of hydrogen-bond donors (Lipinski definition) is 2. The fourth-order valence-electron chi connectivity index (χ4n) is 3.22. The van der Waals surface area contributed by atoms with Crippen molar-refractivity contribution in [3.8, 4) is 23.0 Å². The number of thiophene rings is 1. The lowest BCUT2D eigenvalue weighted by molar-refractivity contribution is 0.103. The van der Waals surface area contributed by atoms with Crippen LogP contribution in [0.25, 0.3) is 21.5 Å². The quantitative estimate of drug-likeness (QED) is 0.358. The highest BCUT2D eigenvalue weighted by atomic mass is 35.5. The van der Waals surface area contributed by atoms with Crippen LogP contribution in [0.5, 0.6) is 11.6 Å². The normalized spacial score (nSPS) is 10.9. The van der Waals surface area contributed by atoms with Gasteiger partial charge in [-0.2, -0.15) is 5.21 Å². The summed E-state index contributed by atoms with van der Waals surface area (Å²) in [6.45, 7) is 1.92. The van der Waals surface area contributed by atoms with Gasteiger partial charge < -0.3 is 10.1 Å². The Morgan fingerprint density at radius 2 is 2.06 bits per heavy atom. The molecule has 0 aliphatic carbocycles. The minimum absolute atomic E-state index is 0.192. The Bertz CT molecular complexity index is 1420. The summed E-state index contributed by atoms with van der Waals surface area (Å²) in [5.74, 6) is 1.25. The Morgan fingerprint density at radius 1 is 1.16 bits per heavy atom. The molecule has 2 aromatic carbocycles. The first-order chi connectivity index (χ1) is 15.6. The van der Waals surface area contributed by atoms with E-state index >= 15 is 0 Å². The molecule has 0 spiro atoms. The van der Waals surface area contributed by atoms with Crippen LogP contribution in [0.4, 0.5) is 5.69 Å². The molecule has 1 amide bonds. The van der Waals surface area contributed by atoms with Gasteiger partial charge >= 0.3 is 0 Å². The molecule has 3 aromatic heterocycles. The van der Waals surface area contributed by atoms with Crippen molar-refractivity contribution in [2.45, 2.75) is 6.92 Å². The van der Waals surface area contributed by atoms with Crippen LogP contribution in [0.3, 0.4) is 0 Å². The highest BCUT2D eigenvalue weighted by Gasteiger charge is 2.16. The number of anilines is 1. The van der Waals surface area contributed by atoms with Crippen molar-refractivity contribution >= 4 is 44.6 Å². The van der Waals surface area contributed by atoms with Crippen LogP contribution in [0.1, 0.15) is 15.2 Å². The molecule has 10 heteroatoms. The number of rotatable bonds is 5. The predicted molar refractivity (Wildman–Crippen MR) is 123 cm³/mol. The number of aromatic amines is 1. The Morgan fingerprint density at radius 3 is 2.84 bits per heavy atom. The van der Waals surface area contributed by atoms with Crippen LogP contribution in [0.2, 0.25) is 5.02 Å². The van der Waals surface area contributed by atoms with Gasteiger partial charge in [-0.05, 0) is 59.5 Å². The zero-order valence-corrected chi connectivity index (χ0v) is 18.2. The Labute approximate surface area is 191 Å². The predicted octanol–water partition coefficient (Wildman–Crippen LogP) is 5.48. The fourth-order valence-corrected chi connectivity index (χ4v) is 4.47. The van der Waals surface area contributed by atoms with E-state index < -0.39 is 0 Å². The first-order valence-corrected chi connectivity index (χ1v) is 10.7. The molecule has 158 valence electrons. The summed E-state index contributed by atoms with van der Waals surface area (Å²) in [7, 11) is 0. The molecule has 2 N–H and O–H groups in total. The fraction of sp³-hybridized carbons (Fsp3) is 0.0455. The maximum Gasteiger partial charge on any atom is 0.266 e. The number of nitrogens with zero attached hydrogens (tertiary/aromatic N) is 4. The minimum Gasteiger partial charge on any atom is -0.439 e. The number of aryl methyl sites for hydroxylation is 1. The Balaban J connectivity index is 1.30. The average molecular weight is 463 g/mol. The van der Waals surface area contributed by atoms with E-state index in [1.807, 2.05) is 37.3 Å². The maximum absolute atomic E-state index is 12.8. The highest BCUT2D eigenvalue weighted by Crippen LogP contribution is 2.33. The van der Waals surface area contributed by atoms with Gasteiger partial charge in [-0.25, -0.2) is 4.98 Å². The van der Waals surface area contributed by atoms with Gasteiger partial charge in [-0.15, -0.1) is 21.5 Å². The van der Waals surface area contributed by atoms with Gasteiger partial charge in [0.25, 0.3) is 5.91 Å². The van der Waals surface area contributed by atoms with Gasteiger partial charge in [0.2, 0.25) is 11.7 Å². The number of halogens is 1. The zero-order chi connectivity index (χ0) is 22.1. The van der Waals surface area contributed by atoms with E-state index in [-0.39, 0.29) is 5.91 Å². The number of H-pyrrole nitrogens is 1. The van der Waals surface area contributed by atoms with Crippen molar-refractivity contribution in [2.24, 2.45) is 0 Å². The maximum atomic E-state index is 12.8. The van der Waals surface area contributed by atoms with E-state index in [1.54, 1.807) is 30.5 Å². The molecule has 0 atom stereocenters. The van der Waals surface area contributed by atoms with Crippen LogP contribution >= 0.6 is 22.9 Å². The zero-order valence-electron chi connectivity index (χ0n) is 16.7. The number of amides is 1. The summed E-state index contributed by atoms with van der Waals surface area (Å²) in [4.78, 5) is 17.7. The molecule has 0 saturated carbocycles. The van der Waals surface area contributed by atoms with E-state index in [4.69, 9.17) is 16.3 Å². The van der Waals surface area contributed by atoms with Crippen LogP contribution in [-0.2, 0) is 0 Å². The van der Waals surface area contributed by atoms with Gasteiger partial charge in [-0.1, -0.05) is 23.7 Å². The van der Waals surface area contributed by atoms with Crippen LogP contribution in [-0.4, -0.2) is 31.5 Å². The average Bonchev–Trinajstić information content (AvgIpc) is 3.44. The number of ether oxygens (including phenoxy) is 1. The molecule has 5 rings (SSSR count). The summed E-state index contributed by atoms with van der Waals surface area (Å²) < 4.78 is 6.83. The third-order valence-electron chi connectivity index (χ3n) is 4.76. The second-order valence-corrected chi connectivity index (χ2v) is 8.39. The topological polar surface area (TPSA) is 106 Å². The summed E-state index contributed by atoms with van der Waals surface area (Å²) in [6, 6.07) is 16.3. The molecule has 5 aromatic rings. The lowest BCUT2D eigenvalue weighted by Gasteiger charge is -2.08. The molecule has 0 aliphatic heterocycles. The van der Waals surface area contributed by atoms with Crippen molar-refractivity contribution in [1.29, 1.82) is 0 Å². The van der Waals surface area contributed by atoms with Gasteiger partial charge in [0, 0.05) is 21.4 Å². The number of fused-ring (bicyclic) bond motifs is 1. The second-order valence-electron chi connectivity index (χ2n) is 6.90. The van der Waals surface area contributed by atoms with E-state index in [0.717, 1.165) is 21.2 Å². The first-order valence-electron chi connectivity index (χ1n) is 9.54. The van der Waals surface area contributed by atoms with Crippen molar-refractivity contribution in [3.05, 3.63) is 76.3 Å². The summed E-state index contributed by atoms with van der Waals surface area (Å²) in [5.41, 5.74) is 2.23. The van der Waals surface area contributed by atoms with Crippen molar-refractivity contribution < 1.29 is 9.53 Å². The lowest BCUT2D eigenvalue weighted by Crippen LogP contribution is -2.11. The molecule has 0 unspecified atom stereocenters. The molecule has 0 aliphatic rings. The summed E-state index contributed by atoms with van der Waals surface area (Å²) >= 11 is 7.52. The lowest BCUT2D eigenvalue weighted by atomic mass is 10.1. The molecular formula is C22H15ClN6O2S. The molecule has 0 radical (unpaired) electrons. The number of carbonyl (C=O) groups is 1. The highest BCUT2D eigenvalue weighted by molar-refractivity contribution is 7.21. The second kappa shape index (κ2) is 8.37. The monoisotopic (exact) mass is 462 g/mol. The summed E-state index contributed by atoms with van der Waals surface area (Å²) in [5, 5.41) is 18.4. The molecule has 8 nitrogen and oxygen atoms in total. The molecule has 32 heavy (non-hydrogen) atoms. The first kappa shape index (κ1) is 20.1. The SMILES string of the molecule is Cc1c(C(=O)Nc2ccc(Oc3cccc(-c4nn[nH]n4)c3)nc2)sc2ccc(Cl)cc12. The Kier molecular flexibility index (Phi) is 5.26. The van der Waals surface area contributed by atoms with Crippen LogP contribution < -0.4 is 10.1 Å². The van der Waals surface area contributed by atoms with Crippen molar-refractivity contribution in [1.82, 2.24) is 25.6 Å². The van der Waals surface area contributed by atoms with E-state index in [0.29, 0.717) is 33.0 Å². The smallest absolute Gasteiger partial charge is 0.266 e. The van der Waals surface area contributed by atoms with Crippen molar-refractivity contribution in [3.63, 3.8) is 0 Å². The molecular weight excluding hydrogens is 448 g/mol. The third-order valence-corrected chi connectivity index (χ3v) is 6.27. The van der Waals surface area contributed by atoms with Gasteiger partial charge in [0.1, 0.15) is 5.75 Å². The number of nitrogens with one attached hydrogen (secondary N) is 2. The van der Waals surface area contributed by atoms with Crippen molar-refractivity contribution in [2.75, 3.05) is 5.32 Å². The summed E-state index contributed by atoms with van der Waals surface area (Å²) in [6.07, 6.45) is 1.55. The van der Waals surface area contributed by atoms with E-state index in [1.165, 1.54) is 11.3 Å². The largest absolute Gasteiger partial charge is 0.439 e. The van der Waals surface area contributed by atoms with Crippen LogP contribution in [0.15, 0.2) is 60.8 Å². The molecule has 0 bridgehead atoms. The molecule has 0 fully saturated rings. The van der Waals surface area contributed by atoms with Gasteiger partial charge in [0.15, 0.2) is 0 Å². The number of hydrogen-bond acceptors (Lipinski definition) is 7. The van der Waals surface area contributed by atoms with E-state index in [2.05, 4.69) is 30.9 Å². The minimum atomic E-state index is -0.192. The Hall–Kier alpha value is -3.82. The number of tetrazole rings is 1. The number of carbonyl (C=O) groups excluding carboxylic acids is 1. The number of benzene rings is 2. The number of aromatic nitrogens is 5. The number of pyridine rings is 1. The van der Waals surface area contributed by atoms with Gasteiger partial charge in [0.05, 0.1) is 16.8 Å². The molecule has 0 saturated heterocycles. The van der Waals surface area contributed by atoms with E-state index in [9.17, 15) is 4.79 Å². The van der Waals surface area contributed by atoms with Crippen LogP contribution in [0, 0.1) is 6.92 Å². The molecule has 3 heterocycles. The third kappa shape index (κ3) is 4.03. The van der Waals surface area contributed by atoms with Gasteiger partial charge in [-0.3, -0.25) is 4.79 Å².